The minimum Gasteiger partial charge on any atom is -0.494 e. The van der Waals surface area contributed by atoms with Crippen LogP contribution in [0, 0.1) is 0 Å². The molecule has 2 aromatic rings. The molecule has 1 N–H and O–H groups in total. The van der Waals surface area contributed by atoms with Crippen molar-refractivity contribution in [2.45, 2.75) is 84.0 Å². The highest BCUT2D eigenvalue weighted by Gasteiger charge is 1.99. The van der Waals surface area contributed by atoms with E-state index in [0.29, 0.717) is 6.42 Å². The fourth-order valence-electron chi connectivity index (χ4n) is 3.46. The van der Waals surface area contributed by atoms with Gasteiger partial charge >= 0.3 is 5.97 Å². The van der Waals surface area contributed by atoms with E-state index in [-0.39, 0.29) is 0 Å². The van der Waals surface area contributed by atoms with Gasteiger partial charge in [-0.3, -0.25) is 4.79 Å². The fraction of sp³-hybridized carbons (Fsp3) is 0.519. The number of benzene rings is 2. The van der Waals surface area contributed by atoms with Gasteiger partial charge in [0.05, 0.1) is 18.0 Å². The Morgan fingerprint density at radius 1 is 0.750 bits per heavy atom. The van der Waals surface area contributed by atoms with Crippen LogP contribution in [0.5, 0.6) is 5.75 Å². The first kappa shape index (κ1) is 25.6. The monoisotopic (exact) mass is 438 g/mol. The number of hydrogen-bond acceptors (Lipinski definition) is 4. The SMILES string of the molecule is CCCCc1ccc(N=Nc2ccc(OCCCCCCCCCCC(=O)O)cc2)cc1. The largest absolute Gasteiger partial charge is 0.494 e. The second kappa shape index (κ2) is 16.0. The average molecular weight is 439 g/mol. The third kappa shape index (κ3) is 11.6. The maximum absolute atomic E-state index is 10.5. The number of carboxylic acid groups (broad SMARTS) is 1. The number of ether oxygens (including phenoxy) is 1. The van der Waals surface area contributed by atoms with Crippen molar-refractivity contribution in [2.75, 3.05) is 6.61 Å². The highest BCUT2D eigenvalue weighted by molar-refractivity contribution is 5.66. The maximum Gasteiger partial charge on any atom is 0.303 e. The van der Waals surface area contributed by atoms with Crippen molar-refractivity contribution in [1.29, 1.82) is 0 Å². The number of hydrogen-bond donors (Lipinski definition) is 1. The molecule has 5 nitrogen and oxygen atoms in total. The number of carboxylic acids is 1. The van der Waals surface area contributed by atoms with Gasteiger partial charge in [0.15, 0.2) is 0 Å². The Kier molecular flexibility index (Phi) is 12.8. The van der Waals surface area contributed by atoms with Gasteiger partial charge in [0, 0.05) is 6.42 Å². The molecule has 32 heavy (non-hydrogen) atoms. The van der Waals surface area contributed by atoms with Crippen molar-refractivity contribution in [1.82, 2.24) is 0 Å². The molecule has 0 atom stereocenters. The van der Waals surface area contributed by atoms with Gasteiger partial charge in [-0.15, -0.1) is 0 Å². The summed E-state index contributed by atoms with van der Waals surface area (Å²) in [6, 6.07) is 16.0. The topological polar surface area (TPSA) is 71.2 Å². The Hall–Kier alpha value is -2.69. The van der Waals surface area contributed by atoms with Crippen molar-refractivity contribution in [2.24, 2.45) is 10.2 Å². The molecule has 2 aromatic carbocycles. The lowest BCUT2D eigenvalue weighted by atomic mass is 10.1. The van der Waals surface area contributed by atoms with Crippen LogP contribution in [0.1, 0.15) is 83.1 Å². The van der Waals surface area contributed by atoms with Crippen LogP contribution in [0.2, 0.25) is 0 Å². The number of aryl methyl sites for hydroxylation is 1. The Bertz CT molecular complexity index is 786. The smallest absolute Gasteiger partial charge is 0.303 e. The van der Waals surface area contributed by atoms with E-state index in [1.165, 1.54) is 44.1 Å². The lowest BCUT2D eigenvalue weighted by Crippen LogP contribution is -1.97. The molecule has 0 aliphatic heterocycles. The van der Waals surface area contributed by atoms with Gasteiger partial charge in [0.2, 0.25) is 0 Å². The average Bonchev–Trinajstić information content (AvgIpc) is 2.81. The number of aliphatic carboxylic acids is 1. The molecule has 0 saturated heterocycles. The molecule has 0 amide bonds. The van der Waals surface area contributed by atoms with Crippen LogP contribution in [0.25, 0.3) is 0 Å². The quantitative estimate of drug-likeness (QED) is 0.199. The van der Waals surface area contributed by atoms with E-state index in [0.717, 1.165) is 55.8 Å². The number of rotatable bonds is 17. The molecule has 0 bridgehead atoms. The van der Waals surface area contributed by atoms with Gasteiger partial charge < -0.3 is 9.84 Å². The molecule has 0 saturated carbocycles. The van der Waals surface area contributed by atoms with Gasteiger partial charge in [0.1, 0.15) is 5.75 Å². The van der Waals surface area contributed by atoms with E-state index in [1.54, 1.807) is 0 Å². The molecule has 174 valence electrons. The lowest BCUT2D eigenvalue weighted by molar-refractivity contribution is -0.137. The molecule has 2 rings (SSSR count). The van der Waals surface area contributed by atoms with Crippen molar-refractivity contribution in [3.8, 4) is 5.75 Å². The van der Waals surface area contributed by atoms with E-state index in [4.69, 9.17) is 9.84 Å². The molecule has 0 aliphatic rings. The zero-order valence-corrected chi connectivity index (χ0v) is 19.5. The van der Waals surface area contributed by atoms with Crippen molar-refractivity contribution in [3.63, 3.8) is 0 Å². The summed E-state index contributed by atoms with van der Waals surface area (Å²) >= 11 is 0. The predicted octanol–water partition coefficient (Wildman–Crippen LogP) is 8.42. The maximum atomic E-state index is 10.5. The van der Waals surface area contributed by atoms with E-state index >= 15 is 0 Å². The standard InChI is InChI=1S/C27H38N2O3/c1-2-3-12-23-14-16-24(17-15-23)28-29-25-18-20-26(21-19-25)32-22-11-9-7-5-4-6-8-10-13-27(30)31/h14-21H,2-13,22H2,1H3,(H,30,31). The fourth-order valence-corrected chi connectivity index (χ4v) is 3.46. The summed E-state index contributed by atoms with van der Waals surface area (Å²) in [6.45, 7) is 2.93. The van der Waals surface area contributed by atoms with Crippen LogP contribution >= 0.6 is 0 Å². The summed E-state index contributed by atoms with van der Waals surface area (Å²) in [5.41, 5.74) is 3.03. The molecule has 0 aliphatic carbocycles. The van der Waals surface area contributed by atoms with Gasteiger partial charge in [-0.25, -0.2) is 0 Å². The first-order valence-corrected chi connectivity index (χ1v) is 12.1. The highest BCUT2D eigenvalue weighted by Crippen LogP contribution is 2.22. The van der Waals surface area contributed by atoms with Gasteiger partial charge in [-0.05, 0) is 67.6 Å². The van der Waals surface area contributed by atoms with Crippen LogP contribution in [0.15, 0.2) is 58.8 Å². The normalized spacial score (nSPS) is 11.2. The first-order chi connectivity index (χ1) is 15.7. The summed E-state index contributed by atoms with van der Waals surface area (Å²) < 4.78 is 5.82. The molecular weight excluding hydrogens is 400 g/mol. The van der Waals surface area contributed by atoms with Crippen LogP contribution < -0.4 is 4.74 Å². The Balaban J connectivity index is 1.56. The van der Waals surface area contributed by atoms with E-state index in [1.807, 2.05) is 36.4 Å². The van der Waals surface area contributed by atoms with Crippen molar-refractivity contribution < 1.29 is 14.6 Å². The molecular formula is C27H38N2O3. The highest BCUT2D eigenvalue weighted by atomic mass is 16.5. The number of carbonyl (C=O) groups is 1. The number of azo groups is 1. The second-order valence-electron chi connectivity index (χ2n) is 8.28. The second-order valence-corrected chi connectivity index (χ2v) is 8.28. The zero-order chi connectivity index (χ0) is 22.9. The Labute approximate surface area is 192 Å². The third-order valence-electron chi connectivity index (χ3n) is 5.43. The Morgan fingerprint density at radius 3 is 1.84 bits per heavy atom. The molecule has 0 heterocycles. The molecule has 0 fully saturated rings. The first-order valence-electron chi connectivity index (χ1n) is 12.1. The molecule has 5 heteroatoms. The molecule has 0 radical (unpaired) electrons. The number of nitrogens with zero attached hydrogens (tertiary/aromatic N) is 2. The van der Waals surface area contributed by atoms with E-state index < -0.39 is 5.97 Å². The minimum absolute atomic E-state index is 0.300. The van der Waals surface area contributed by atoms with E-state index in [9.17, 15) is 4.79 Å². The van der Waals surface area contributed by atoms with E-state index in [2.05, 4.69) is 29.3 Å². The van der Waals surface area contributed by atoms with Gasteiger partial charge in [0.25, 0.3) is 0 Å². The lowest BCUT2D eigenvalue weighted by Gasteiger charge is -2.06. The Morgan fingerprint density at radius 2 is 1.28 bits per heavy atom. The van der Waals surface area contributed by atoms with Crippen molar-refractivity contribution in [3.05, 3.63) is 54.1 Å². The van der Waals surface area contributed by atoms with Crippen LogP contribution in [-0.2, 0) is 11.2 Å². The van der Waals surface area contributed by atoms with Gasteiger partial charge in [-0.2, -0.15) is 10.2 Å². The third-order valence-corrected chi connectivity index (χ3v) is 5.43. The summed E-state index contributed by atoms with van der Waals surface area (Å²) in [7, 11) is 0. The summed E-state index contributed by atoms with van der Waals surface area (Å²) in [5, 5.41) is 17.2. The van der Waals surface area contributed by atoms with Crippen LogP contribution in [0.4, 0.5) is 11.4 Å². The summed E-state index contributed by atoms with van der Waals surface area (Å²) in [5.74, 6) is 0.176. The molecule has 0 unspecified atom stereocenters. The zero-order valence-electron chi connectivity index (χ0n) is 19.5. The molecule has 0 aromatic heterocycles. The van der Waals surface area contributed by atoms with Gasteiger partial charge in [-0.1, -0.05) is 64.0 Å². The predicted molar refractivity (Wildman–Crippen MR) is 130 cm³/mol. The van der Waals surface area contributed by atoms with Crippen LogP contribution in [-0.4, -0.2) is 17.7 Å². The van der Waals surface area contributed by atoms with Crippen LogP contribution in [0.3, 0.4) is 0 Å². The summed E-state index contributed by atoms with van der Waals surface area (Å²) in [6.07, 6.45) is 12.6. The number of unbranched alkanes of at least 4 members (excludes halogenated alkanes) is 8. The minimum atomic E-state index is -0.688. The van der Waals surface area contributed by atoms with Crippen molar-refractivity contribution >= 4 is 17.3 Å². The summed E-state index contributed by atoms with van der Waals surface area (Å²) in [4.78, 5) is 10.5. The molecule has 0 spiro atoms.